The van der Waals surface area contributed by atoms with Gasteiger partial charge in [0.2, 0.25) is 0 Å². The number of hydrogen-bond donors (Lipinski definition) is 0. The zero-order valence-electron chi connectivity index (χ0n) is 15.9. The van der Waals surface area contributed by atoms with Crippen LogP contribution in [0.4, 0.5) is 5.69 Å². The highest BCUT2D eigenvalue weighted by Crippen LogP contribution is 2.28. The van der Waals surface area contributed by atoms with E-state index in [0.29, 0.717) is 26.2 Å². The molecule has 144 valence electrons. The van der Waals surface area contributed by atoms with Crippen LogP contribution in [0.3, 0.4) is 0 Å². The number of benzene rings is 2. The molecule has 2 rings (SSSR count). The second-order valence-electron chi connectivity index (χ2n) is 6.39. The van der Waals surface area contributed by atoms with Crippen molar-refractivity contribution in [2.75, 3.05) is 33.8 Å². The van der Waals surface area contributed by atoms with E-state index in [-0.39, 0.29) is 22.9 Å². The zero-order chi connectivity index (χ0) is 19.8. The van der Waals surface area contributed by atoms with E-state index in [2.05, 4.69) is 0 Å². The van der Waals surface area contributed by atoms with Crippen molar-refractivity contribution in [3.63, 3.8) is 0 Å². The first-order valence-electron chi connectivity index (χ1n) is 8.81. The van der Waals surface area contributed by atoms with Gasteiger partial charge in [0, 0.05) is 31.3 Å². The number of carbonyl (C=O) groups is 1. The minimum atomic E-state index is -0.525. The first kappa shape index (κ1) is 20.4. The molecule has 0 heterocycles. The van der Waals surface area contributed by atoms with Crippen LogP contribution in [0.5, 0.6) is 5.75 Å². The van der Waals surface area contributed by atoms with Crippen molar-refractivity contribution in [2.45, 2.75) is 13.5 Å². The van der Waals surface area contributed by atoms with Crippen LogP contribution < -0.4 is 4.74 Å². The minimum absolute atomic E-state index is 0.168. The zero-order valence-corrected chi connectivity index (χ0v) is 15.9. The van der Waals surface area contributed by atoms with Crippen LogP contribution in [0.15, 0.2) is 48.5 Å². The molecule has 0 bridgehead atoms. The molecule has 0 aromatic heterocycles. The fourth-order valence-electron chi connectivity index (χ4n) is 2.63. The predicted octanol–water partition coefficient (Wildman–Crippen LogP) is 3.20. The maximum atomic E-state index is 13.0. The molecule has 0 radical (unpaired) electrons. The summed E-state index contributed by atoms with van der Waals surface area (Å²) in [5, 5.41) is 11.3. The van der Waals surface area contributed by atoms with Crippen LogP contribution in [0.2, 0.25) is 0 Å². The quantitative estimate of drug-likeness (QED) is 0.500. The Bertz CT molecular complexity index is 778. The van der Waals surface area contributed by atoms with E-state index in [1.54, 1.807) is 17.9 Å². The van der Waals surface area contributed by atoms with E-state index in [4.69, 9.17) is 4.74 Å². The van der Waals surface area contributed by atoms with Crippen molar-refractivity contribution in [1.82, 2.24) is 9.80 Å². The number of likely N-dealkylation sites (N-methyl/N-ethyl adjacent to an activating group) is 1. The molecule has 2 aromatic rings. The van der Waals surface area contributed by atoms with Gasteiger partial charge in [0.1, 0.15) is 0 Å². The molecule has 0 unspecified atom stereocenters. The lowest BCUT2D eigenvalue weighted by molar-refractivity contribution is -0.385. The van der Waals surface area contributed by atoms with Crippen molar-refractivity contribution in [1.29, 1.82) is 0 Å². The first-order valence-corrected chi connectivity index (χ1v) is 8.81. The van der Waals surface area contributed by atoms with Crippen LogP contribution >= 0.6 is 0 Å². The van der Waals surface area contributed by atoms with Gasteiger partial charge in [0.15, 0.2) is 5.75 Å². The smallest absolute Gasteiger partial charge is 0.311 e. The van der Waals surface area contributed by atoms with Gasteiger partial charge in [0.25, 0.3) is 5.91 Å². The molecule has 0 spiro atoms. The Morgan fingerprint density at radius 2 is 1.81 bits per heavy atom. The Kier molecular flexibility index (Phi) is 7.31. The van der Waals surface area contributed by atoms with Gasteiger partial charge in [-0.3, -0.25) is 14.9 Å². The molecule has 0 aliphatic heterocycles. The molecule has 0 N–H and O–H groups in total. The summed E-state index contributed by atoms with van der Waals surface area (Å²) in [6, 6.07) is 14.0. The number of rotatable bonds is 9. The Morgan fingerprint density at radius 3 is 2.41 bits per heavy atom. The van der Waals surface area contributed by atoms with Crippen LogP contribution in [0.25, 0.3) is 0 Å². The molecule has 1 amide bonds. The number of amides is 1. The molecule has 0 aliphatic rings. The van der Waals surface area contributed by atoms with Crippen molar-refractivity contribution in [2.24, 2.45) is 0 Å². The summed E-state index contributed by atoms with van der Waals surface area (Å²) >= 11 is 0. The number of hydrogen-bond acceptors (Lipinski definition) is 5. The Labute approximate surface area is 159 Å². The van der Waals surface area contributed by atoms with Gasteiger partial charge < -0.3 is 14.5 Å². The lowest BCUT2D eigenvalue weighted by Crippen LogP contribution is -2.36. The van der Waals surface area contributed by atoms with Crippen molar-refractivity contribution in [3.05, 3.63) is 69.8 Å². The van der Waals surface area contributed by atoms with Gasteiger partial charge in [-0.1, -0.05) is 30.3 Å². The van der Waals surface area contributed by atoms with Crippen LogP contribution in [0, 0.1) is 10.1 Å². The largest absolute Gasteiger partial charge is 0.487 e. The average molecular weight is 371 g/mol. The lowest BCUT2D eigenvalue weighted by Gasteiger charge is -2.25. The Balaban J connectivity index is 2.30. The van der Waals surface area contributed by atoms with Crippen LogP contribution in [-0.4, -0.2) is 54.4 Å². The maximum Gasteiger partial charge on any atom is 0.311 e. The molecule has 0 aliphatic carbocycles. The van der Waals surface area contributed by atoms with Gasteiger partial charge in [-0.25, -0.2) is 0 Å². The highest BCUT2D eigenvalue weighted by molar-refractivity contribution is 5.95. The van der Waals surface area contributed by atoms with E-state index in [1.807, 2.05) is 49.3 Å². The normalized spacial score (nSPS) is 10.7. The van der Waals surface area contributed by atoms with Gasteiger partial charge in [-0.05, 0) is 38.7 Å². The van der Waals surface area contributed by atoms with Crippen molar-refractivity contribution < 1.29 is 14.5 Å². The summed E-state index contributed by atoms with van der Waals surface area (Å²) in [6.07, 6.45) is 0. The van der Waals surface area contributed by atoms with E-state index in [1.165, 1.54) is 12.1 Å². The highest BCUT2D eigenvalue weighted by atomic mass is 16.6. The molecule has 0 saturated carbocycles. The SMILES string of the molecule is CCOc1ccc(C(=O)N(CCN(C)C)Cc2ccccc2)cc1[N+](=O)[O-]. The Morgan fingerprint density at radius 1 is 1.11 bits per heavy atom. The van der Waals surface area contributed by atoms with E-state index < -0.39 is 4.92 Å². The molecule has 7 nitrogen and oxygen atoms in total. The first-order chi connectivity index (χ1) is 12.9. The monoisotopic (exact) mass is 371 g/mol. The third kappa shape index (κ3) is 5.79. The standard InChI is InChI=1S/C20H25N3O4/c1-4-27-19-11-10-17(14-18(19)23(25)26)20(24)22(13-12-21(2)3)15-16-8-6-5-7-9-16/h5-11,14H,4,12-13,15H2,1-3H3. The summed E-state index contributed by atoms with van der Waals surface area (Å²) in [4.78, 5) is 27.6. The fourth-order valence-corrected chi connectivity index (χ4v) is 2.63. The summed E-state index contributed by atoms with van der Waals surface area (Å²) in [6.45, 7) is 3.72. The van der Waals surface area contributed by atoms with Crippen LogP contribution in [0.1, 0.15) is 22.8 Å². The number of nitrogens with zero attached hydrogens (tertiary/aromatic N) is 3. The number of nitro benzene ring substituents is 1. The van der Waals surface area contributed by atoms with E-state index >= 15 is 0 Å². The molecule has 0 fully saturated rings. The number of nitro groups is 1. The van der Waals surface area contributed by atoms with Gasteiger partial charge in [-0.15, -0.1) is 0 Å². The average Bonchev–Trinajstić information content (AvgIpc) is 2.65. The van der Waals surface area contributed by atoms with E-state index in [9.17, 15) is 14.9 Å². The number of ether oxygens (including phenoxy) is 1. The molecule has 2 aromatic carbocycles. The molecular formula is C20H25N3O4. The summed E-state index contributed by atoms with van der Waals surface area (Å²) < 4.78 is 5.29. The molecular weight excluding hydrogens is 346 g/mol. The van der Waals surface area contributed by atoms with Crippen molar-refractivity contribution in [3.8, 4) is 5.75 Å². The third-order valence-corrected chi connectivity index (χ3v) is 4.02. The second kappa shape index (κ2) is 9.68. The van der Waals surface area contributed by atoms with Gasteiger partial charge in [0.05, 0.1) is 11.5 Å². The second-order valence-corrected chi connectivity index (χ2v) is 6.39. The summed E-state index contributed by atoms with van der Waals surface area (Å²) in [5.74, 6) is -0.0752. The van der Waals surface area contributed by atoms with Crippen molar-refractivity contribution >= 4 is 11.6 Å². The molecule has 0 atom stereocenters. The third-order valence-electron chi connectivity index (χ3n) is 4.02. The summed E-state index contributed by atoms with van der Waals surface area (Å²) in [5.41, 5.74) is 1.08. The molecule has 27 heavy (non-hydrogen) atoms. The predicted molar refractivity (Wildman–Crippen MR) is 104 cm³/mol. The fraction of sp³-hybridized carbons (Fsp3) is 0.350. The molecule has 7 heteroatoms. The molecule has 0 saturated heterocycles. The topological polar surface area (TPSA) is 75.9 Å². The van der Waals surface area contributed by atoms with Gasteiger partial charge in [-0.2, -0.15) is 0 Å². The maximum absolute atomic E-state index is 13.0. The Hall–Kier alpha value is -2.93. The summed E-state index contributed by atoms with van der Waals surface area (Å²) in [7, 11) is 3.87. The van der Waals surface area contributed by atoms with E-state index in [0.717, 1.165) is 5.56 Å². The number of carbonyl (C=O) groups excluding carboxylic acids is 1. The highest BCUT2D eigenvalue weighted by Gasteiger charge is 2.22. The lowest BCUT2D eigenvalue weighted by atomic mass is 10.1. The van der Waals surface area contributed by atoms with Crippen LogP contribution in [-0.2, 0) is 6.54 Å². The minimum Gasteiger partial charge on any atom is -0.487 e. The van der Waals surface area contributed by atoms with Gasteiger partial charge >= 0.3 is 5.69 Å².